The third-order valence-corrected chi connectivity index (χ3v) is 5.38. The maximum Gasteiger partial charge on any atom is 0.0638 e. The van der Waals surface area contributed by atoms with Gasteiger partial charge in [-0.25, -0.2) is 0 Å². The van der Waals surface area contributed by atoms with E-state index in [-0.39, 0.29) is 0 Å². The van der Waals surface area contributed by atoms with Crippen LogP contribution in [0.3, 0.4) is 0 Å². The lowest BCUT2D eigenvalue weighted by Crippen LogP contribution is -2.38. The first-order valence-corrected chi connectivity index (χ1v) is 7.81. The summed E-state index contributed by atoms with van der Waals surface area (Å²) in [4.78, 5) is 2.56. The Labute approximate surface area is 120 Å². The molecule has 2 fully saturated rings. The third kappa shape index (κ3) is 2.90. The zero-order chi connectivity index (χ0) is 13.3. The van der Waals surface area contributed by atoms with E-state index in [4.69, 9.17) is 17.3 Å². The number of likely N-dealkylation sites (tertiary alicyclic amines) is 1. The van der Waals surface area contributed by atoms with Gasteiger partial charge in [-0.15, -0.1) is 0 Å². The Hall–Kier alpha value is -0.730. The highest BCUT2D eigenvalue weighted by Crippen LogP contribution is 2.46. The molecule has 1 saturated carbocycles. The van der Waals surface area contributed by atoms with Crippen molar-refractivity contribution in [2.45, 2.75) is 45.1 Å². The molecule has 2 nitrogen and oxygen atoms in total. The first-order valence-electron chi connectivity index (χ1n) is 7.43. The average molecular weight is 279 g/mol. The van der Waals surface area contributed by atoms with E-state index in [1.165, 1.54) is 57.2 Å². The van der Waals surface area contributed by atoms with Crippen LogP contribution in [0, 0.1) is 5.41 Å². The number of hydrogen-bond acceptors (Lipinski definition) is 2. The lowest BCUT2D eigenvalue weighted by Gasteiger charge is -2.39. The van der Waals surface area contributed by atoms with Gasteiger partial charge < -0.3 is 5.73 Å². The first-order chi connectivity index (χ1) is 9.17. The molecule has 0 bridgehead atoms. The molecule has 0 unspecified atom stereocenters. The molecule has 3 heteroatoms. The van der Waals surface area contributed by atoms with Crippen molar-refractivity contribution in [3.05, 3.63) is 28.8 Å². The summed E-state index contributed by atoms with van der Waals surface area (Å²) in [6.45, 7) is 3.49. The molecule has 1 aliphatic carbocycles. The average Bonchev–Trinajstić information content (AvgIpc) is 2.86. The van der Waals surface area contributed by atoms with Gasteiger partial charge in [0.2, 0.25) is 0 Å². The number of benzene rings is 1. The SMILES string of the molecule is Nc1ccc(CN2CCC3(CCCC3)CC2)cc1Cl. The number of piperidine rings is 1. The lowest BCUT2D eigenvalue weighted by molar-refractivity contribution is 0.103. The van der Waals surface area contributed by atoms with Gasteiger partial charge in [-0.1, -0.05) is 30.5 Å². The maximum absolute atomic E-state index is 6.09. The lowest BCUT2D eigenvalue weighted by atomic mass is 9.77. The van der Waals surface area contributed by atoms with Crippen LogP contribution in [0.4, 0.5) is 5.69 Å². The molecule has 3 rings (SSSR count). The molecule has 0 radical (unpaired) electrons. The van der Waals surface area contributed by atoms with E-state index in [9.17, 15) is 0 Å². The van der Waals surface area contributed by atoms with Crippen molar-refractivity contribution in [2.75, 3.05) is 18.8 Å². The van der Waals surface area contributed by atoms with E-state index >= 15 is 0 Å². The van der Waals surface area contributed by atoms with Crippen molar-refractivity contribution < 1.29 is 0 Å². The zero-order valence-corrected chi connectivity index (χ0v) is 12.3. The molecule has 104 valence electrons. The minimum Gasteiger partial charge on any atom is -0.398 e. The van der Waals surface area contributed by atoms with Crippen LogP contribution in [0.1, 0.15) is 44.1 Å². The Morgan fingerprint density at radius 3 is 2.42 bits per heavy atom. The fourth-order valence-corrected chi connectivity index (χ4v) is 3.94. The van der Waals surface area contributed by atoms with Gasteiger partial charge in [0.1, 0.15) is 0 Å². The topological polar surface area (TPSA) is 29.3 Å². The molecule has 1 saturated heterocycles. The van der Waals surface area contributed by atoms with Gasteiger partial charge in [-0.05, 0) is 61.9 Å². The summed E-state index contributed by atoms with van der Waals surface area (Å²) < 4.78 is 0. The van der Waals surface area contributed by atoms with E-state index < -0.39 is 0 Å². The van der Waals surface area contributed by atoms with Crippen LogP contribution in [0.15, 0.2) is 18.2 Å². The molecule has 0 atom stereocenters. The van der Waals surface area contributed by atoms with Gasteiger partial charge in [-0.2, -0.15) is 0 Å². The Morgan fingerprint density at radius 1 is 1.11 bits per heavy atom. The fraction of sp³-hybridized carbons (Fsp3) is 0.625. The second-order valence-electron chi connectivity index (χ2n) is 6.34. The second-order valence-corrected chi connectivity index (χ2v) is 6.75. The van der Waals surface area contributed by atoms with Crippen molar-refractivity contribution in [1.82, 2.24) is 4.90 Å². The van der Waals surface area contributed by atoms with E-state index in [1.807, 2.05) is 12.1 Å². The molecule has 2 N–H and O–H groups in total. The normalized spacial score (nSPS) is 23.0. The fourth-order valence-electron chi connectivity index (χ4n) is 3.74. The van der Waals surface area contributed by atoms with E-state index in [0.29, 0.717) is 16.1 Å². The predicted molar refractivity (Wildman–Crippen MR) is 81.3 cm³/mol. The highest BCUT2D eigenvalue weighted by Gasteiger charge is 2.36. The summed E-state index contributed by atoms with van der Waals surface area (Å²) >= 11 is 6.09. The number of nitrogens with zero attached hydrogens (tertiary/aromatic N) is 1. The third-order valence-electron chi connectivity index (χ3n) is 5.05. The van der Waals surface area contributed by atoms with Crippen LogP contribution >= 0.6 is 11.6 Å². The van der Waals surface area contributed by atoms with E-state index in [1.54, 1.807) is 0 Å². The number of anilines is 1. The van der Waals surface area contributed by atoms with Crippen LogP contribution in [0.2, 0.25) is 5.02 Å². The molecule has 1 aromatic rings. The van der Waals surface area contributed by atoms with Crippen LogP contribution in [0.25, 0.3) is 0 Å². The number of rotatable bonds is 2. The standard InChI is InChI=1S/C16H23ClN2/c17-14-11-13(3-4-15(14)18)12-19-9-7-16(8-10-19)5-1-2-6-16/h3-4,11H,1-2,5-10,12,18H2. The molecule has 0 amide bonds. The van der Waals surface area contributed by atoms with Crippen molar-refractivity contribution in [2.24, 2.45) is 5.41 Å². The van der Waals surface area contributed by atoms with Crippen molar-refractivity contribution >= 4 is 17.3 Å². The quantitative estimate of drug-likeness (QED) is 0.826. The van der Waals surface area contributed by atoms with Crippen molar-refractivity contribution in [3.8, 4) is 0 Å². The zero-order valence-electron chi connectivity index (χ0n) is 11.5. The van der Waals surface area contributed by atoms with Gasteiger partial charge in [0.25, 0.3) is 0 Å². The Kier molecular flexibility index (Phi) is 3.72. The number of nitrogen functional groups attached to an aromatic ring is 1. The van der Waals surface area contributed by atoms with Gasteiger partial charge in [0, 0.05) is 6.54 Å². The molecule has 0 aromatic heterocycles. The molecule has 19 heavy (non-hydrogen) atoms. The second kappa shape index (κ2) is 5.34. The molecule has 1 aromatic carbocycles. The van der Waals surface area contributed by atoms with Crippen LogP contribution in [-0.4, -0.2) is 18.0 Å². The molecular formula is C16H23ClN2. The Bertz CT molecular complexity index is 442. The van der Waals surface area contributed by atoms with Crippen molar-refractivity contribution in [3.63, 3.8) is 0 Å². The first kappa shape index (κ1) is 13.3. The number of halogens is 1. The monoisotopic (exact) mass is 278 g/mol. The summed E-state index contributed by atoms with van der Waals surface area (Å²) in [5.74, 6) is 0. The minimum absolute atomic E-state index is 0.675. The molecule has 1 aliphatic heterocycles. The Balaban J connectivity index is 1.58. The number of nitrogens with two attached hydrogens (primary N) is 1. The van der Waals surface area contributed by atoms with Crippen LogP contribution < -0.4 is 5.73 Å². The summed E-state index contributed by atoms with van der Waals surface area (Å²) in [7, 11) is 0. The Morgan fingerprint density at radius 2 is 1.79 bits per heavy atom. The van der Waals surface area contributed by atoms with Crippen molar-refractivity contribution in [1.29, 1.82) is 0 Å². The van der Waals surface area contributed by atoms with E-state index in [2.05, 4.69) is 11.0 Å². The largest absolute Gasteiger partial charge is 0.398 e. The van der Waals surface area contributed by atoms with Crippen LogP contribution in [-0.2, 0) is 6.54 Å². The number of hydrogen-bond donors (Lipinski definition) is 1. The highest BCUT2D eigenvalue weighted by atomic mass is 35.5. The van der Waals surface area contributed by atoms with Gasteiger partial charge in [0.05, 0.1) is 10.7 Å². The summed E-state index contributed by atoms with van der Waals surface area (Å²) in [6, 6.07) is 6.03. The summed E-state index contributed by atoms with van der Waals surface area (Å²) in [5.41, 5.74) is 8.41. The smallest absolute Gasteiger partial charge is 0.0638 e. The van der Waals surface area contributed by atoms with Gasteiger partial charge >= 0.3 is 0 Å². The molecule has 2 aliphatic rings. The summed E-state index contributed by atoms with van der Waals surface area (Å²) in [6.07, 6.45) is 8.61. The van der Waals surface area contributed by atoms with E-state index in [0.717, 1.165) is 6.54 Å². The maximum atomic E-state index is 6.09. The van der Waals surface area contributed by atoms with Crippen LogP contribution in [0.5, 0.6) is 0 Å². The molecule has 1 heterocycles. The molecular weight excluding hydrogens is 256 g/mol. The summed E-state index contributed by atoms with van der Waals surface area (Å²) in [5, 5.41) is 0.682. The predicted octanol–water partition coefficient (Wildman–Crippen LogP) is 4.08. The van der Waals surface area contributed by atoms with Gasteiger partial charge in [-0.3, -0.25) is 4.90 Å². The molecule has 1 spiro atoms. The highest BCUT2D eigenvalue weighted by molar-refractivity contribution is 6.33. The minimum atomic E-state index is 0.675. The van der Waals surface area contributed by atoms with Gasteiger partial charge in [0.15, 0.2) is 0 Å².